The van der Waals surface area contributed by atoms with Gasteiger partial charge in [-0.05, 0) is 37.0 Å². The van der Waals surface area contributed by atoms with Crippen molar-refractivity contribution in [3.8, 4) is 5.75 Å². The quantitative estimate of drug-likeness (QED) is 0.792. The third-order valence-corrected chi connectivity index (χ3v) is 4.24. The zero-order valence-corrected chi connectivity index (χ0v) is 13.9. The van der Waals surface area contributed by atoms with E-state index >= 15 is 0 Å². The summed E-state index contributed by atoms with van der Waals surface area (Å²) in [5.74, 6) is -1.22. The number of benzene rings is 1. The summed E-state index contributed by atoms with van der Waals surface area (Å²) in [4.78, 5) is 13.9. The van der Waals surface area contributed by atoms with E-state index in [-0.39, 0.29) is 12.1 Å². The van der Waals surface area contributed by atoms with E-state index in [9.17, 15) is 22.4 Å². The van der Waals surface area contributed by atoms with E-state index in [4.69, 9.17) is 0 Å². The molecular weight excluding hydrogens is 354 g/mol. The molecule has 1 heterocycles. The Morgan fingerprint density at radius 3 is 2.81 bits per heavy atom. The van der Waals surface area contributed by atoms with Crippen LogP contribution < -0.4 is 4.74 Å². The molecule has 5 nitrogen and oxygen atoms in total. The Morgan fingerprint density at radius 2 is 2.08 bits per heavy atom. The first-order valence-electron chi connectivity index (χ1n) is 8.04. The summed E-state index contributed by atoms with van der Waals surface area (Å²) in [6.07, 6.45) is -5.91. The smallest absolute Gasteiger partial charge is 0.427 e. The lowest BCUT2D eigenvalue weighted by Crippen LogP contribution is -2.35. The highest BCUT2D eigenvalue weighted by Crippen LogP contribution is 2.31. The number of ether oxygens (including phenoxy) is 1. The molecule has 2 aromatic rings. The summed E-state index contributed by atoms with van der Waals surface area (Å²) in [5.41, 5.74) is 2.60. The maximum Gasteiger partial charge on any atom is 0.461 e. The summed E-state index contributed by atoms with van der Waals surface area (Å²) in [7, 11) is 1.49. The topological polar surface area (TPSA) is 58.2 Å². The lowest BCUT2D eigenvalue weighted by Gasteiger charge is -2.21. The van der Waals surface area contributed by atoms with Gasteiger partial charge in [0.2, 0.25) is 0 Å². The van der Waals surface area contributed by atoms with E-state index < -0.39 is 24.2 Å². The van der Waals surface area contributed by atoms with Gasteiger partial charge in [0.25, 0.3) is 5.91 Å². The number of fused-ring (bicyclic) bond motifs is 1. The van der Waals surface area contributed by atoms with Gasteiger partial charge in [-0.1, -0.05) is 12.1 Å². The summed E-state index contributed by atoms with van der Waals surface area (Å²) >= 11 is 0. The fourth-order valence-corrected chi connectivity index (χ4v) is 2.94. The number of aromatic amines is 1. The standard InChI is InChI=1S/C17H17F4N3O2/c1-24(9-13-10-6-4-7-12(10)22-23-13)15(25)11-5-2-3-8-14(11)26-17(20,21)16(18)19/h2-3,5,8,16H,4,6-7,9H2,1H3,(H,22,23). The van der Waals surface area contributed by atoms with Crippen LogP contribution >= 0.6 is 0 Å². The van der Waals surface area contributed by atoms with Gasteiger partial charge in [0.05, 0.1) is 17.8 Å². The molecule has 0 bridgehead atoms. The summed E-state index contributed by atoms with van der Waals surface area (Å²) < 4.78 is 55.3. The highest BCUT2D eigenvalue weighted by Gasteiger charge is 2.44. The maximum absolute atomic E-state index is 13.2. The molecule has 1 aliphatic rings. The molecule has 26 heavy (non-hydrogen) atoms. The molecule has 0 atom stereocenters. The van der Waals surface area contributed by atoms with Crippen molar-refractivity contribution in [1.82, 2.24) is 15.1 Å². The van der Waals surface area contributed by atoms with Crippen molar-refractivity contribution in [1.29, 1.82) is 0 Å². The highest BCUT2D eigenvalue weighted by atomic mass is 19.3. The molecule has 0 radical (unpaired) electrons. The van der Waals surface area contributed by atoms with Crippen molar-refractivity contribution in [2.24, 2.45) is 0 Å². The molecule has 140 valence electrons. The van der Waals surface area contributed by atoms with Crippen LogP contribution in [-0.2, 0) is 19.4 Å². The number of carbonyl (C=O) groups excluding carboxylic acids is 1. The number of alkyl halides is 4. The average Bonchev–Trinajstić information content (AvgIpc) is 3.19. The maximum atomic E-state index is 13.2. The number of hydrogen-bond acceptors (Lipinski definition) is 3. The van der Waals surface area contributed by atoms with Gasteiger partial charge in [-0.15, -0.1) is 0 Å². The minimum absolute atomic E-state index is 0.171. The van der Waals surface area contributed by atoms with E-state index in [1.807, 2.05) is 0 Å². The second-order valence-corrected chi connectivity index (χ2v) is 6.10. The molecule has 1 amide bonds. The number of halogens is 4. The van der Waals surface area contributed by atoms with Gasteiger partial charge in [0, 0.05) is 12.7 Å². The summed E-state index contributed by atoms with van der Waals surface area (Å²) in [6.45, 7) is 0.171. The number of aromatic nitrogens is 2. The third kappa shape index (κ3) is 3.51. The molecule has 1 aromatic heterocycles. The van der Waals surface area contributed by atoms with Gasteiger partial charge >= 0.3 is 12.5 Å². The Bertz CT molecular complexity index is 807. The van der Waals surface area contributed by atoms with Crippen LogP contribution in [0.5, 0.6) is 5.75 Å². The fraction of sp³-hybridized carbons (Fsp3) is 0.412. The molecule has 3 rings (SSSR count). The highest BCUT2D eigenvalue weighted by molar-refractivity contribution is 5.96. The number of carbonyl (C=O) groups is 1. The van der Waals surface area contributed by atoms with Crippen molar-refractivity contribution in [3.63, 3.8) is 0 Å². The predicted octanol–water partition coefficient (Wildman–Crippen LogP) is 3.41. The normalized spacial score (nSPS) is 13.8. The van der Waals surface area contributed by atoms with E-state index in [0.717, 1.165) is 36.6 Å². The Hall–Kier alpha value is -2.58. The van der Waals surface area contributed by atoms with E-state index in [0.29, 0.717) is 5.69 Å². The molecule has 0 unspecified atom stereocenters. The van der Waals surface area contributed by atoms with Gasteiger partial charge in [-0.2, -0.15) is 22.7 Å². The zero-order chi connectivity index (χ0) is 18.9. The first-order chi connectivity index (χ1) is 12.3. The molecule has 1 aliphatic carbocycles. The Kier molecular flexibility index (Phi) is 4.88. The van der Waals surface area contributed by atoms with Crippen LogP contribution in [0.2, 0.25) is 0 Å². The number of rotatable bonds is 6. The van der Waals surface area contributed by atoms with Crippen LogP contribution in [0, 0.1) is 0 Å². The van der Waals surface area contributed by atoms with Gasteiger partial charge in [-0.25, -0.2) is 0 Å². The van der Waals surface area contributed by atoms with Gasteiger partial charge in [0.15, 0.2) is 0 Å². The SMILES string of the molecule is CN(Cc1n[nH]c2c1CCC2)C(=O)c1ccccc1OC(F)(F)C(F)F. The Balaban J connectivity index is 1.79. The van der Waals surface area contributed by atoms with Crippen molar-refractivity contribution in [3.05, 3.63) is 46.8 Å². The van der Waals surface area contributed by atoms with E-state index in [1.54, 1.807) is 0 Å². The van der Waals surface area contributed by atoms with Crippen molar-refractivity contribution < 1.29 is 27.1 Å². The van der Waals surface area contributed by atoms with Gasteiger partial charge in [0.1, 0.15) is 5.75 Å². The lowest BCUT2D eigenvalue weighted by atomic mass is 10.1. The van der Waals surface area contributed by atoms with Crippen LogP contribution in [0.1, 0.15) is 33.7 Å². The van der Waals surface area contributed by atoms with Crippen LogP contribution in [0.4, 0.5) is 17.6 Å². The molecule has 0 saturated carbocycles. The minimum atomic E-state index is -4.68. The summed E-state index contributed by atoms with van der Waals surface area (Å²) in [5, 5.41) is 7.12. The second kappa shape index (κ2) is 6.97. The van der Waals surface area contributed by atoms with Gasteiger partial charge in [-0.3, -0.25) is 9.89 Å². The first kappa shape index (κ1) is 18.2. The largest absolute Gasteiger partial charge is 0.461 e. The molecule has 0 saturated heterocycles. The number of nitrogens with one attached hydrogen (secondary N) is 1. The number of amides is 1. The predicted molar refractivity (Wildman–Crippen MR) is 84.4 cm³/mol. The monoisotopic (exact) mass is 371 g/mol. The molecule has 0 aliphatic heterocycles. The molecule has 9 heteroatoms. The number of aryl methyl sites for hydroxylation is 1. The van der Waals surface area contributed by atoms with Crippen LogP contribution in [0.25, 0.3) is 0 Å². The zero-order valence-electron chi connectivity index (χ0n) is 13.9. The van der Waals surface area contributed by atoms with Crippen molar-refractivity contribution >= 4 is 5.91 Å². The molecule has 1 N–H and O–H groups in total. The molecular formula is C17H17F4N3O2. The first-order valence-corrected chi connectivity index (χ1v) is 8.04. The number of H-pyrrole nitrogens is 1. The van der Waals surface area contributed by atoms with E-state index in [2.05, 4.69) is 14.9 Å². The van der Waals surface area contributed by atoms with Crippen molar-refractivity contribution in [2.75, 3.05) is 7.05 Å². The van der Waals surface area contributed by atoms with Gasteiger partial charge < -0.3 is 9.64 Å². The summed E-state index contributed by atoms with van der Waals surface area (Å²) in [6, 6.07) is 5.09. The Morgan fingerprint density at radius 1 is 1.35 bits per heavy atom. The third-order valence-electron chi connectivity index (χ3n) is 4.24. The van der Waals surface area contributed by atoms with E-state index in [1.165, 1.54) is 30.1 Å². The molecule has 0 fully saturated rings. The van der Waals surface area contributed by atoms with Crippen LogP contribution in [-0.4, -0.2) is 40.6 Å². The van der Waals surface area contributed by atoms with Crippen molar-refractivity contribution in [2.45, 2.75) is 38.3 Å². The number of nitrogens with zero attached hydrogens (tertiary/aromatic N) is 2. The molecule has 1 aromatic carbocycles. The average molecular weight is 371 g/mol. The molecule has 0 spiro atoms. The van der Waals surface area contributed by atoms with Crippen LogP contribution in [0.15, 0.2) is 24.3 Å². The number of para-hydroxylation sites is 1. The lowest BCUT2D eigenvalue weighted by molar-refractivity contribution is -0.253. The second-order valence-electron chi connectivity index (χ2n) is 6.10. The Labute approximate surface area is 146 Å². The minimum Gasteiger partial charge on any atom is -0.427 e. The fourth-order valence-electron chi connectivity index (χ4n) is 2.94. The number of hydrogen-bond donors (Lipinski definition) is 1. The van der Waals surface area contributed by atoms with Crippen LogP contribution in [0.3, 0.4) is 0 Å².